The van der Waals surface area contributed by atoms with Gasteiger partial charge < -0.3 is 9.84 Å². The summed E-state index contributed by atoms with van der Waals surface area (Å²) in [5, 5.41) is 11.0. The molecule has 0 aromatic carbocycles. The number of rotatable bonds is 3. The minimum Gasteiger partial charge on any atom is -0.426 e. The SMILES string of the molecule is CC1=C[C@](O)(C[C@@H](C)[C@]2(C)CC=C3C4=C(CC[C@]32C)[C@@]2(C)CCC(=O)C(C)(C)[C@@H]2CC4)OC1=O. The van der Waals surface area contributed by atoms with Crippen molar-refractivity contribution in [1.82, 2.24) is 0 Å². The summed E-state index contributed by atoms with van der Waals surface area (Å²) >= 11 is 0. The number of carbonyl (C=O) groups is 2. The van der Waals surface area contributed by atoms with Crippen molar-refractivity contribution in [3.8, 4) is 0 Å². The third-order valence-corrected chi connectivity index (χ3v) is 11.5. The summed E-state index contributed by atoms with van der Waals surface area (Å²) in [7, 11) is 0. The molecule has 5 rings (SSSR count). The smallest absolute Gasteiger partial charge is 0.336 e. The van der Waals surface area contributed by atoms with Gasteiger partial charge in [-0.15, -0.1) is 0 Å². The van der Waals surface area contributed by atoms with Gasteiger partial charge in [-0.3, -0.25) is 4.79 Å². The van der Waals surface area contributed by atoms with E-state index in [1.807, 2.05) is 0 Å². The van der Waals surface area contributed by atoms with Crippen molar-refractivity contribution in [2.24, 2.45) is 33.5 Å². The Balaban J connectivity index is 1.46. The molecular weight excluding hydrogens is 424 g/mol. The van der Waals surface area contributed by atoms with E-state index in [9.17, 15) is 14.7 Å². The van der Waals surface area contributed by atoms with Crippen molar-refractivity contribution in [3.05, 3.63) is 34.4 Å². The standard InChI is InChI=1S/C30H42O4/c1-18-16-30(33,34-25(18)32)17-19(2)28(6)14-11-22-20-8-9-23-26(3,4)24(31)12-13-27(23,5)21(20)10-15-29(22,28)7/h11,16,19,23,33H,8-10,12-15,17H2,1-7H3/t19-,23+,27-,28+,29-,30-/m1/s1. The Bertz CT molecular complexity index is 1060. The normalized spacial score (nSPS) is 44.1. The molecule has 1 aliphatic heterocycles. The number of ether oxygens (including phenoxy) is 1. The molecule has 4 nitrogen and oxygen atoms in total. The Morgan fingerprint density at radius 3 is 2.44 bits per heavy atom. The third-order valence-electron chi connectivity index (χ3n) is 11.5. The minimum absolute atomic E-state index is 0.0209. The lowest BCUT2D eigenvalue weighted by atomic mass is 9.45. The topological polar surface area (TPSA) is 63.6 Å². The average Bonchev–Trinajstić information content (AvgIpc) is 3.17. The second kappa shape index (κ2) is 7.18. The van der Waals surface area contributed by atoms with Crippen molar-refractivity contribution in [1.29, 1.82) is 0 Å². The molecule has 0 saturated heterocycles. The van der Waals surface area contributed by atoms with Crippen molar-refractivity contribution in [2.75, 3.05) is 0 Å². The molecule has 0 aromatic heterocycles. The first-order valence-electron chi connectivity index (χ1n) is 13.3. The number of fused-ring (bicyclic) bond motifs is 4. The van der Waals surface area contributed by atoms with E-state index in [1.165, 1.54) is 5.57 Å². The van der Waals surface area contributed by atoms with Crippen LogP contribution in [0.2, 0.25) is 0 Å². The van der Waals surface area contributed by atoms with Crippen molar-refractivity contribution < 1.29 is 19.4 Å². The van der Waals surface area contributed by atoms with E-state index in [0.29, 0.717) is 30.1 Å². The Morgan fingerprint density at radius 2 is 1.79 bits per heavy atom. The van der Waals surface area contributed by atoms with Gasteiger partial charge in [-0.25, -0.2) is 4.79 Å². The second-order valence-corrected chi connectivity index (χ2v) is 13.3. The fourth-order valence-corrected chi connectivity index (χ4v) is 8.92. The van der Waals surface area contributed by atoms with Gasteiger partial charge in [0.25, 0.3) is 0 Å². The first-order valence-corrected chi connectivity index (χ1v) is 13.3. The van der Waals surface area contributed by atoms with Crippen LogP contribution in [-0.2, 0) is 14.3 Å². The van der Waals surface area contributed by atoms with Crippen molar-refractivity contribution in [2.45, 2.75) is 106 Å². The van der Waals surface area contributed by atoms with Crippen LogP contribution in [0, 0.1) is 33.5 Å². The maximum Gasteiger partial charge on any atom is 0.336 e. The van der Waals surface area contributed by atoms with Crippen LogP contribution in [0.3, 0.4) is 0 Å². The number of hydrogen-bond donors (Lipinski definition) is 1. The molecule has 0 aromatic rings. The molecule has 186 valence electrons. The molecule has 4 aliphatic carbocycles. The zero-order chi connectivity index (χ0) is 24.9. The molecule has 0 spiro atoms. The largest absolute Gasteiger partial charge is 0.426 e. The van der Waals surface area contributed by atoms with E-state index in [2.05, 4.69) is 47.6 Å². The number of esters is 1. The molecule has 1 saturated carbocycles. The van der Waals surface area contributed by atoms with Crippen LogP contribution in [0.25, 0.3) is 0 Å². The van der Waals surface area contributed by atoms with Crippen LogP contribution in [0.1, 0.15) is 99.8 Å². The van der Waals surface area contributed by atoms with Gasteiger partial charge in [-0.1, -0.05) is 53.2 Å². The highest BCUT2D eigenvalue weighted by Gasteiger charge is 2.60. The van der Waals surface area contributed by atoms with Gasteiger partial charge in [0.1, 0.15) is 5.78 Å². The van der Waals surface area contributed by atoms with Crippen LogP contribution >= 0.6 is 0 Å². The minimum atomic E-state index is -1.49. The molecule has 1 fully saturated rings. The Hall–Kier alpha value is -1.68. The molecule has 4 heteroatoms. The van der Waals surface area contributed by atoms with Gasteiger partial charge in [0.15, 0.2) is 0 Å². The van der Waals surface area contributed by atoms with Crippen molar-refractivity contribution >= 4 is 11.8 Å². The summed E-state index contributed by atoms with van der Waals surface area (Å²) in [5.41, 5.74) is 5.12. The lowest BCUT2D eigenvalue weighted by Gasteiger charge is -2.58. The van der Waals surface area contributed by atoms with Gasteiger partial charge in [-0.05, 0) is 90.8 Å². The molecule has 0 radical (unpaired) electrons. The number of carbonyl (C=O) groups excluding carboxylic acids is 2. The van der Waals surface area contributed by atoms with Crippen LogP contribution < -0.4 is 0 Å². The molecule has 0 amide bonds. The highest BCUT2D eigenvalue weighted by atomic mass is 16.7. The summed E-state index contributed by atoms with van der Waals surface area (Å²) in [5.74, 6) is -0.865. The third kappa shape index (κ3) is 2.99. The average molecular weight is 467 g/mol. The Morgan fingerprint density at radius 1 is 1.09 bits per heavy atom. The van der Waals surface area contributed by atoms with Crippen LogP contribution in [0.15, 0.2) is 34.4 Å². The number of allylic oxidation sites excluding steroid dienone is 4. The van der Waals surface area contributed by atoms with E-state index < -0.39 is 11.8 Å². The zero-order valence-corrected chi connectivity index (χ0v) is 22.1. The molecule has 0 bridgehead atoms. The van der Waals surface area contributed by atoms with Crippen molar-refractivity contribution in [3.63, 3.8) is 0 Å². The van der Waals surface area contributed by atoms with Crippen LogP contribution in [0.5, 0.6) is 0 Å². The summed E-state index contributed by atoms with van der Waals surface area (Å²) in [6, 6.07) is 0. The maximum atomic E-state index is 12.8. The summed E-state index contributed by atoms with van der Waals surface area (Å²) in [4.78, 5) is 24.7. The first-order chi connectivity index (χ1) is 15.7. The Labute approximate surface area is 204 Å². The van der Waals surface area contributed by atoms with E-state index >= 15 is 0 Å². The second-order valence-electron chi connectivity index (χ2n) is 13.3. The van der Waals surface area contributed by atoms with Gasteiger partial charge in [0, 0.05) is 23.8 Å². The number of Topliss-reactive ketones (excluding diaryl/α,β-unsaturated/α-hetero) is 1. The summed E-state index contributed by atoms with van der Waals surface area (Å²) < 4.78 is 5.36. The monoisotopic (exact) mass is 466 g/mol. The predicted octanol–water partition coefficient (Wildman–Crippen LogP) is 6.44. The predicted molar refractivity (Wildman–Crippen MR) is 133 cm³/mol. The molecular formula is C30H42O4. The fraction of sp³-hybridized carbons (Fsp3) is 0.733. The summed E-state index contributed by atoms with van der Waals surface area (Å²) in [6.45, 7) is 15.5. The van der Waals surface area contributed by atoms with Gasteiger partial charge in [-0.2, -0.15) is 0 Å². The van der Waals surface area contributed by atoms with E-state index in [4.69, 9.17) is 4.74 Å². The maximum absolute atomic E-state index is 12.8. The van der Waals surface area contributed by atoms with Gasteiger partial charge in [0.2, 0.25) is 5.79 Å². The lowest BCUT2D eigenvalue weighted by Crippen LogP contribution is -2.52. The molecule has 34 heavy (non-hydrogen) atoms. The molecule has 1 heterocycles. The summed E-state index contributed by atoms with van der Waals surface area (Å²) in [6.07, 6.45) is 11.5. The molecule has 1 N–H and O–H groups in total. The highest BCUT2D eigenvalue weighted by molar-refractivity contribution is 5.90. The zero-order valence-electron chi connectivity index (χ0n) is 22.1. The molecule has 6 atom stereocenters. The molecule has 0 unspecified atom stereocenters. The lowest BCUT2D eigenvalue weighted by molar-refractivity contribution is -0.187. The number of aliphatic hydroxyl groups is 1. The van der Waals surface area contributed by atoms with Gasteiger partial charge >= 0.3 is 5.97 Å². The first kappa shape index (κ1) is 24.0. The van der Waals surface area contributed by atoms with E-state index in [-0.39, 0.29) is 27.6 Å². The Kier molecular flexibility index (Phi) is 5.08. The van der Waals surface area contributed by atoms with Crippen LogP contribution in [0.4, 0.5) is 0 Å². The quantitative estimate of drug-likeness (QED) is 0.486. The van der Waals surface area contributed by atoms with E-state index in [0.717, 1.165) is 38.5 Å². The number of ketones is 1. The molecule has 5 aliphatic rings. The fourth-order valence-electron chi connectivity index (χ4n) is 8.92. The number of hydrogen-bond acceptors (Lipinski definition) is 4. The highest BCUT2D eigenvalue weighted by Crippen LogP contribution is 2.69. The van der Waals surface area contributed by atoms with Gasteiger partial charge in [0.05, 0.1) is 0 Å². The van der Waals surface area contributed by atoms with Crippen LogP contribution in [-0.4, -0.2) is 22.6 Å². The van der Waals surface area contributed by atoms with E-state index in [1.54, 1.807) is 24.1 Å². The number of cyclic esters (lactones) is 1.